The van der Waals surface area contributed by atoms with E-state index in [1.807, 2.05) is 51.2 Å². The zero-order valence-electron chi connectivity index (χ0n) is 30.9. The fourth-order valence-electron chi connectivity index (χ4n) is 7.19. The fraction of sp³-hybridized carbons (Fsp3) is 0.658. The van der Waals surface area contributed by atoms with Gasteiger partial charge in [-0.1, -0.05) is 26.8 Å². The molecule has 2 aromatic rings. The summed E-state index contributed by atoms with van der Waals surface area (Å²) >= 11 is 0. The molecule has 3 aliphatic rings. The predicted molar refractivity (Wildman–Crippen MR) is 191 cm³/mol. The van der Waals surface area contributed by atoms with Crippen LogP contribution < -0.4 is 10.0 Å². The molecule has 1 saturated heterocycles. The van der Waals surface area contributed by atoms with Crippen molar-refractivity contribution in [1.82, 2.24) is 19.6 Å². The molecule has 2 aliphatic carbocycles. The van der Waals surface area contributed by atoms with Gasteiger partial charge in [-0.2, -0.15) is 12.8 Å². The third kappa shape index (κ3) is 9.88. The van der Waals surface area contributed by atoms with Gasteiger partial charge in [-0.3, -0.25) is 4.79 Å². The van der Waals surface area contributed by atoms with Crippen molar-refractivity contribution in [2.45, 2.75) is 134 Å². The van der Waals surface area contributed by atoms with Crippen molar-refractivity contribution >= 4 is 27.8 Å². The summed E-state index contributed by atoms with van der Waals surface area (Å²) in [6.45, 7) is 16.0. The topological polar surface area (TPSA) is 131 Å². The summed E-state index contributed by atoms with van der Waals surface area (Å²) in [6.07, 6.45) is 10.4. The van der Waals surface area contributed by atoms with E-state index in [1.54, 1.807) is 12.1 Å². The van der Waals surface area contributed by atoms with Crippen LogP contribution in [0, 0.1) is 36.0 Å². The number of likely N-dealkylation sites (tertiary alicyclic amines) is 1. The number of rotatable bonds is 13. The second-order valence-corrected chi connectivity index (χ2v) is 18.8. The lowest BCUT2D eigenvalue weighted by molar-refractivity contribution is 0.0130. The van der Waals surface area contributed by atoms with E-state index in [2.05, 4.69) is 35.6 Å². The number of amides is 2. The Kier molecular flexibility index (Phi) is 10.8. The van der Waals surface area contributed by atoms with Crippen molar-refractivity contribution in [3.63, 3.8) is 0 Å². The molecule has 2 saturated carbocycles. The quantitative estimate of drug-likeness (QED) is 0.160. The maximum atomic E-state index is 14.8. The van der Waals surface area contributed by atoms with Gasteiger partial charge in [0.2, 0.25) is 5.95 Å². The molecule has 0 spiro atoms. The highest BCUT2D eigenvalue weighted by Crippen LogP contribution is 2.51. The first-order valence-electron chi connectivity index (χ1n) is 18.0. The van der Waals surface area contributed by atoms with Crippen LogP contribution in [0.15, 0.2) is 35.4 Å². The maximum Gasteiger partial charge on any atom is 0.410 e. The second-order valence-electron chi connectivity index (χ2n) is 17.2. The van der Waals surface area contributed by atoms with E-state index in [0.29, 0.717) is 35.8 Å². The molecule has 12 heteroatoms. The number of carbonyl (C=O) groups is 2. The Morgan fingerprint density at radius 1 is 1.06 bits per heavy atom. The van der Waals surface area contributed by atoms with Gasteiger partial charge in [0.15, 0.2) is 5.03 Å². The number of nitrogens with one attached hydrogen (secondary N) is 2. The standard InChI is InChI=1S/C38H54FN5O5S/c1-36(2,3)30-21-20-29(33(39)41-30)34(45)43-50(47,48)32-11-9-10-31(42-32)40-27(18-19-28(25-13-14-25)26-15-16-26)17-12-24-22-38(7,8)44(23-24)35(46)49-37(4,5)6/h9-11,13,20-21,24-28H,12,14-19,22-23H2,1-8H3,(H-,40,42,43,45)/p+1/t24-,25?,27?,28?/m0/s1. The lowest BCUT2D eigenvalue weighted by Gasteiger charge is -2.33. The van der Waals surface area contributed by atoms with Gasteiger partial charge < -0.3 is 15.0 Å². The van der Waals surface area contributed by atoms with Gasteiger partial charge in [-0.25, -0.2) is 19.5 Å². The number of anilines is 1. The fourth-order valence-corrected chi connectivity index (χ4v) is 8.13. The Morgan fingerprint density at radius 3 is 2.36 bits per heavy atom. The molecule has 3 unspecified atom stereocenters. The van der Waals surface area contributed by atoms with Crippen LogP contribution in [0.5, 0.6) is 0 Å². The molecule has 10 nitrogen and oxygen atoms in total. The maximum absolute atomic E-state index is 14.8. The van der Waals surface area contributed by atoms with E-state index >= 15 is 0 Å². The van der Waals surface area contributed by atoms with E-state index in [-0.39, 0.29) is 22.7 Å². The lowest BCUT2D eigenvalue weighted by atomic mass is 9.87. The van der Waals surface area contributed by atoms with Crippen LogP contribution in [0.1, 0.15) is 123 Å². The van der Waals surface area contributed by atoms with Gasteiger partial charge in [0.05, 0.1) is 12.0 Å². The average Bonchev–Trinajstić information content (AvgIpc) is 3.93. The summed E-state index contributed by atoms with van der Waals surface area (Å²) in [4.78, 5) is 36.0. The van der Waals surface area contributed by atoms with E-state index in [1.165, 1.54) is 37.5 Å². The Balaban J connectivity index is 1.27. The second kappa shape index (κ2) is 14.3. The van der Waals surface area contributed by atoms with Crippen molar-refractivity contribution in [2.75, 3.05) is 11.9 Å². The minimum atomic E-state index is -4.42. The van der Waals surface area contributed by atoms with E-state index in [0.717, 1.165) is 38.0 Å². The summed E-state index contributed by atoms with van der Waals surface area (Å²) in [7, 11) is -4.42. The molecule has 3 fully saturated rings. The zero-order chi connectivity index (χ0) is 36.6. The Labute approximate surface area is 297 Å². The number of aromatic nitrogens is 2. The predicted octanol–water partition coefficient (Wildman–Crippen LogP) is 7.66. The average molecular weight is 713 g/mol. The molecule has 1 aliphatic heterocycles. The Hall–Kier alpha value is -3.41. The van der Waals surface area contributed by atoms with E-state index in [9.17, 15) is 22.4 Å². The monoisotopic (exact) mass is 712 g/mol. The number of halogens is 1. The first-order chi connectivity index (χ1) is 23.2. The van der Waals surface area contributed by atoms with Crippen LogP contribution in [0.2, 0.25) is 0 Å². The Bertz CT molecular complexity index is 1650. The highest BCUT2D eigenvalue weighted by atomic mass is 32.2. The normalized spacial score (nSPS) is 21.6. The van der Waals surface area contributed by atoms with Crippen LogP contribution >= 0.6 is 0 Å². The van der Waals surface area contributed by atoms with Crippen molar-refractivity contribution in [3.8, 4) is 0 Å². The van der Waals surface area contributed by atoms with Crippen molar-refractivity contribution < 1.29 is 27.1 Å². The number of sulfonamides is 1. The molecule has 0 radical (unpaired) electrons. The molecular weight excluding hydrogens is 658 g/mol. The number of hydrogen-bond donors (Lipinski definition) is 2. The SMILES string of the molecule is CC(C)(C)OC(=O)N1C[C@@H](CCC(CCC(C2[CH+]C2)C2CC2)Nc2cccc(S(=O)(=O)NC(=O)c3ccc(C(C)(C)C)nc3F)n2)CC1(C)C. The van der Waals surface area contributed by atoms with Crippen LogP contribution in [0.4, 0.5) is 15.0 Å². The molecule has 2 amide bonds. The molecule has 2 aromatic heterocycles. The van der Waals surface area contributed by atoms with Crippen LogP contribution in [-0.2, 0) is 20.2 Å². The molecule has 4 atom stereocenters. The van der Waals surface area contributed by atoms with Gasteiger partial charge in [-0.15, -0.1) is 0 Å². The largest absolute Gasteiger partial charge is 0.444 e. The van der Waals surface area contributed by atoms with Crippen molar-refractivity contribution in [2.24, 2.45) is 23.7 Å². The smallest absolute Gasteiger partial charge is 0.410 e. The first-order valence-corrected chi connectivity index (χ1v) is 19.5. The summed E-state index contributed by atoms with van der Waals surface area (Å²) in [6, 6.07) is 7.40. The summed E-state index contributed by atoms with van der Waals surface area (Å²) in [5.74, 6) is 0.685. The van der Waals surface area contributed by atoms with Crippen LogP contribution in [0.25, 0.3) is 0 Å². The molecule has 3 heterocycles. The van der Waals surface area contributed by atoms with Gasteiger partial charge in [0.1, 0.15) is 23.8 Å². The molecule has 0 bridgehead atoms. The molecule has 50 heavy (non-hydrogen) atoms. The summed E-state index contributed by atoms with van der Waals surface area (Å²) in [5.41, 5.74) is -1.35. The van der Waals surface area contributed by atoms with Crippen LogP contribution in [-0.4, -0.2) is 59.0 Å². The van der Waals surface area contributed by atoms with Gasteiger partial charge in [0.25, 0.3) is 15.9 Å². The molecule has 274 valence electrons. The number of ether oxygens (including phenoxy) is 1. The number of hydrogen-bond acceptors (Lipinski definition) is 8. The molecule has 5 rings (SSSR count). The summed E-state index contributed by atoms with van der Waals surface area (Å²) < 4.78 is 49.0. The van der Waals surface area contributed by atoms with E-state index in [4.69, 9.17) is 4.74 Å². The third-order valence-electron chi connectivity index (χ3n) is 10.1. The minimum absolute atomic E-state index is 0.0234. The highest BCUT2D eigenvalue weighted by molar-refractivity contribution is 7.90. The van der Waals surface area contributed by atoms with Crippen molar-refractivity contribution in [3.05, 3.63) is 54.0 Å². The number of pyridine rings is 2. The van der Waals surface area contributed by atoms with Gasteiger partial charge in [-0.05, 0) is 116 Å². The highest BCUT2D eigenvalue weighted by Gasteiger charge is 2.49. The number of nitrogens with zero attached hydrogens (tertiary/aromatic N) is 3. The zero-order valence-corrected chi connectivity index (χ0v) is 31.7. The summed E-state index contributed by atoms with van der Waals surface area (Å²) in [5, 5.41) is 3.17. The number of carbonyl (C=O) groups excluding carboxylic acids is 2. The van der Waals surface area contributed by atoms with E-state index < -0.39 is 38.5 Å². The molecule has 0 aromatic carbocycles. The molecular formula is C38H55FN5O5S+. The van der Waals surface area contributed by atoms with Crippen molar-refractivity contribution in [1.29, 1.82) is 0 Å². The minimum Gasteiger partial charge on any atom is -0.444 e. The third-order valence-corrected chi connectivity index (χ3v) is 11.3. The van der Waals surface area contributed by atoms with Gasteiger partial charge >= 0.3 is 6.09 Å². The lowest BCUT2D eigenvalue weighted by Crippen LogP contribution is -2.45. The van der Waals surface area contributed by atoms with Crippen LogP contribution in [0.3, 0.4) is 0 Å². The first kappa shape index (κ1) is 37.8. The Morgan fingerprint density at radius 2 is 1.76 bits per heavy atom. The molecule has 2 N–H and O–H groups in total. The van der Waals surface area contributed by atoms with Gasteiger partial charge in [0, 0.05) is 35.2 Å².